The number of sulfonamides is 1. The van der Waals surface area contributed by atoms with Crippen molar-refractivity contribution in [2.75, 3.05) is 20.2 Å². The van der Waals surface area contributed by atoms with E-state index in [0.29, 0.717) is 37.9 Å². The van der Waals surface area contributed by atoms with E-state index in [0.717, 1.165) is 0 Å². The summed E-state index contributed by atoms with van der Waals surface area (Å²) in [5.41, 5.74) is 0.449. The summed E-state index contributed by atoms with van der Waals surface area (Å²) in [6, 6.07) is 6.30. The number of hydrogen-bond donors (Lipinski definition) is 0. The molecule has 1 aromatic rings. The Balaban J connectivity index is 2.22. The molecule has 1 aromatic carbocycles. The monoisotopic (exact) mass is 311 g/mol. The number of nitrogens with zero attached hydrogens (tertiary/aromatic N) is 1. The van der Waals surface area contributed by atoms with Gasteiger partial charge in [0.25, 0.3) is 0 Å². The summed E-state index contributed by atoms with van der Waals surface area (Å²) in [6.07, 6.45) is 1.89. The molecule has 0 radical (unpaired) electrons. The Labute approximate surface area is 126 Å². The number of piperidine rings is 1. The highest BCUT2D eigenvalue weighted by atomic mass is 32.2. The third-order valence-corrected chi connectivity index (χ3v) is 5.74. The van der Waals surface area contributed by atoms with E-state index in [2.05, 4.69) is 0 Å². The van der Waals surface area contributed by atoms with E-state index >= 15 is 0 Å². The molecule has 1 fully saturated rings. The first-order valence-corrected chi connectivity index (χ1v) is 8.59. The van der Waals surface area contributed by atoms with Crippen molar-refractivity contribution in [2.24, 2.45) is 0 Å². The van der Waals surface area contributed by atoms with E-state index in [1.165, 1.54) is 10.4 Å². The van der Waals surface area contributed by atoms with E-state index in [1.807, 2.05) is 0 Å². The Morgan fingerprint density at radius 1 is 1.33 bits per heavy atom. The summed E-state index contributed by atoms with van der Waals surface area (Å²) >= 11 is 0. The van der Waals surface area contributed by atoms with Gasteiger partial charge < -0.3 is 4.74 Å². The number of carbonyl (C=O) groups is 1. The second-order valence-corrected chi connectivity index (χ2v) is 7.08. The van der Waals surface area contributed by atoms with E-state index in [1.54, 1.807) is 32.2 Å². The lowest BCUT2D eigenvalue weighted by molar-refractivity contribution is 0.0604. The van der Waals surface area contributed by atoms with Gasteiger partial charge >= 0.3 is 0 Å². The third kappa shape index (κ3) is 3.51. The third-order valence-electron chi connectivity index (χ3n) is 3.85. The Bertz CT molecular complexity index is 604. The molecule has 1 aliphatic rings. The first-order valence-electron chi connectivity index (χ1n) is 7.15. The van der Waals surface area contributed by atoms with Crippen molar-refractivity contribution in [3.63, 3.8) is 0 Å². The van der Waals surface area contributed by atoms with Crippen LogP contribution in [0.25, 0.3) is 0 Å². The highest BCUT2D eigenvalue weighted by Crippen LogP contribution is 2.22. The number of Topliss-reactive ketones (excluding diaryl/α,β-unsaturated/α-hetero) is 1. The van der Waals surface area contributed by atoms with Crippen molar-refractivity contribution in [3.05, 3.63) is 29.8 Å². The van der Waals surface area contributed by atoms with Crippen molar-refractivity contribution in [2.45, 2.75) is 37.2 Å². The van der Waals surface area contributed by atoms with Crippen LogP contribution < -0.4 is 0 Å². The minimum Gasteiger partial charge on any atom is -0.381 e. The Morgan fingerprint density at radius 3 is 2.57 bits per heavy atom. The topological polar surface area (TPSA) is 63.7 Å². The average Bonchev–Trinajstić information content (AvgIpc) is 2.54. The molecule has 0 N–H and O–H groups in total. The number of ether oxygens (including phenoxy) is 1. The lowest BCUT2D eigenvalue weighted by Crippen LogP contribution is -2.40. The second-order valence-electron chi connectivity index (χ2n) is 5.14. The minimum absolute atomic E-state index is 0.0508. The van der Waals surface area contributed by atoms with Crippen LogP contribution in [0, 0.1) is 0 Å². The van der Waals surface area contributed by atoms with Crippen LogP contribution in [0.4, 0.5) is 0 Å². The molecule has 2 rings (SSSR count). The van der Waals surface area contributed by atoms with Gasteiger partial charge in [-0.3, -0.25) is 4.79 Å². The first kappa shape index (κ1) is 16.1. The van der Waals surface area contributed by atoms with Crippen LogP contribution in [-0.4, -0.2) is 44.8 Å². The fourth-order valence-electron chi connectivity index (χ4n) is 2.49. The van der Waals surface area contributed by atoms with Crippen LogP contribution in [0.3, 0.4) is 0 Å². The van der Waals surface area contributed by atoms with Gasteiger partial charge in [-0.1, -0.05) is 19.1 Å². The summed E-state index contributed by atoms with van der Waals surface area (Å²) in [5.74, 6) is -0.0508. The van der Waals surface area contributed by atoms with Crippen molar-refractivity contribution in [1.82, 2.24) is 4.31 Å². The van der Waals surface area contributed by atoms with Crippen molar-refractivity contribution >= 4 is 15.8 Å². The molecular formula is C15H21NO4S. The Morgan fingerprint density at radius 2 is 2.00 bits per heavy atom. The molecule has 1 aliphatic heterocycles. The highest BCUT2D eigenvalue weighted by molar-refractivity contribution is 7.89. The van der Waals surface area contributed by atoms with Gasteiger partial charge in [-0.2, -0.15) is 4.31 Å². The molecule has 6 heteroatoms. The summed E-state index contributed by atoms with van der Waals surface area (Å²) in [5, 5.41) is 0. The zero-order chi connectivity index (χ0) is 15.5. The van der Waals surface area contributed by atoms with Crippen molar-refractivity contribution in [1.29, 1.82) is 0 Å². The SMILES string of the molecule is CCC(=O)c1cccc(S(=O)(=O)N2CCC(OC)CC2)c1. The zero-order valence-corrected chi connectivity index (χ0v) is 13.2. The lowest BCUT2D eigenvalue weighted by atomic mass is 10.1. The quantitative estimate of drug-likeness (QED) is 0.781. The summed E-state index contributed by atoms with van der Waals surface area (Å²) in [4.78, 5) is 11.9. The normalized spacial score (nSPS) is 17.8. The molecule has 0 aromatic heterocycles. The van der Waals surface area contributed by atoms with Gasteiger partial charge in [-0.05, 0) is 25.0 Å². The van der Waals surface area contributed by atoms with Gasteiger partial charge in [0, 0.05) is 32.2 Å². The van der Waals surface area contributed by atoms with Crippen LogP contribution in [0.2, 0.25) is 0 Å². The molecule has 0 bridgehead atoms. The Hall–Kier alpha value is -1.24. The molecule has 0 saturated carbocycles. The van der Waals surface area contributed by atoms with E-state index in [9.17, 15) is 13.2 Å². The fraction of sp³-hybridized carbons (Fsp3) is 0.533. The number of carbonyl (C=O) groups excluding carboxylic acids is 1. The molecule has 0 spiro atoms. The molecule has 0 amide bonds. The van der Waals surface area contributed by atoms with Gasteiger partial charge in [0.2, 0.25) is 10.0 Å². The molecule has 5 nitrogen and oxygen atoms in total. The van der Waals surface area contributed by atoms with Gasteiger partial charge in [0.1, 0.15) is 0 Å². The van der Waals surface area contributed by atoms with Gasteiger partial charge in [0.15, 0.2) is 5.78 Å². The number of methoxy groups -OCH3 is 1. The average molecular weight is 311 g/mol. The summed E-state index contributed by atoms with van der Waals surface area (Å²) < 4.78 is 32.0. The van der Waals surface area contributed by atoms with Gasteiger partial charge in [-0.25, -0.2) is 8.42 Å². The number of benzene rings is 1. The molecular weight excluding hydrogens is 290 g/mol. The van der Waals surface area contributed by atoms with Crippen LogP contribution >= 0.6 is 0 Å². The molecule has 0 atom stereocenters. The number of ketones is 1. The second kappa shape index (κ2) is 6.68. The van der Waals surface area contributed by atoms with Crippen LogP contribution in [0.5, 0.6) is 0 Å². The maximum Gasteiger partial charge on any atom is 0.243 e. The number of rotatable bonds is 5. The van der Waals surface area contributed by atoms with Crippen molar-refractivity contribution < 1.29 is 17.9 Å². The molecule has 0 aliphatic carbocycles. The lowest BCUT2D eigenvalue weighted by Gasteiger charge is -2.30. The predicted octanol–water partition coefficient (Wildman–Crippen LogP) is 2.08. The van der Waals surface area contributed by atoms with Crippen molar-refractivity contribution in [3.8, 4) is 0 Å². The summed E-state index contributed by atoms with van der Waals surface area (Å²) in [6.45, 7) is 2.67. The maximum absolute atomic E-state index is 12.6. The van der Waals surface area contributed by atoms with Gasteiger partial charge in [0.05, 0.1) is 11.0 Å². The highest BCUT2D eigenvalue weighted by Gasteiger charge is 2.29. The van der Waals surface area contributed by atoms with Crippen LogP contribution in [0.15, 0.2) is 29.2 Å². The van der Waals surface area contributed by atoms with E-state index in [4.69, 9.17) is 4.74 Å². The van der Waals surface area contributed by atoms with Crippen LogP contribution in [-0.2, 0) is 14.8 Å². The molecule has 1 heterocycles. The smallest absolute Gasteiger partial charge is 0.243 e. The number of hydrogen-bond acceptors (Lipinski definition) is 4. The zero-order valence-electron chi connectivity index (χ0n) is 12.4. The molecule has 0 unspecified atom stereocenters. The van der Waals surface area contributed by atoms with E-state index in [-0.39, 0.29) is 16.8 Å². The summed E-state index contributed by atoms with van der Waals surface area (Å²) in [7, 11) is -1.88. The largest absolute Gasteiger partial charge is 0.381 e. The van der Waals surface area contributed by atoms with Crippen LogP contribution in [0.1, 0.15) is 36.5 Å². The molecule has 1 saturated heterocycles. The molecule has 21 heavy (non-hydrogen) atoms. The standard InChI is InChI=1S/C15H21NO4S/c1-3-15(17)12-5-4-6-14(11-12)21(18,19)16-9-7-13(20-2)8-10-16/h4-6,11,13H,3,7-10H2,1-2H3. The first-order chi connectivity index (χ1) is 9.98. The van der Waals surface area contributed by atoms with E-state index < -0.39 is 10.0 Å². The maximum atomic E-state index is 12.6. The minimum atomic E-state index is -3.53. The Kier molecular flexibility index (Phi) is 5.13. The predicted molar refractivity (Wildman–Crippen MR) is 79.9 cm³/mol. The molecule has 116 valence electrons. The van der Waals surface area contributed by atoms with Gasteiger partial charge in [-0.15, -0.1) is 0 Å². The fourth-order valence-corrected chi connectivity index (χ4v) is 4.01.